The molecule has 5 rings (SSSR count). The van der Waals surface area contributed by atoms with Crippen LogP contribution in [0.25, 0.3) is 22.4 Å². The third-order valence-electron chi connectivity index (χ3n) is 6.38. The number of H-pyrrole nitrogens is 2. The number of aliphatic hydroxyl groups excluding tert-OH is 1. The van der Waals surface area contributed by atoms with Crippen LogP contribution in [-0.4, -0.2) is 60.0 Å². The van der Waals surface area contributed by atoms with E-state index in [2.05, 4.69) is 32.3 Å². The van der Waals surface area contributed by atoms with Crippen molar-refractivity contribution in [3.05, 3.63) is 69.1 Å². The monoisotopic (exact) mass is 509 g/mol. The van der Waals surface area contributed by atoms with E-state index < -0.39 is 6.10 Å². The molecule has 4 aromatic rings. The summed E-state index contributed by atoms with van der Waals surface area (Å²) in [5, 5.41) is 14.3. The molecule has 10 heteroatoms. The minimum Gasteiger partial charge on any atom is -0.495 e. The number of nitrogens with zero attached hydrogens (tertiary/aromatic N) is 2. The highest BCUT2D eigenvalue weighted by Crippen LogP contribution is 2.31. The van der Waals surface area contributed by atoms with Gasteiger partial charge >= 0.3 is 0 Å². The SMILES string of the molecule is COc1ccc(C(O)CNc2cc[nH]c(=O)c2-c2nc3c(C)cc(N4CCOCC4)cc3[nH]2)cc1Cl. The van der Waals surface area contributed by atoms with Crippen LogP contribution in [0.3, 0.4) is 0 Å². The van der Waals surface area contributed by atoms with Crippen LogP contribution in [0, 0.1) is 6.92 Å². The molecular weight excluding hydrogens is 482 g/mol. The molecular formula is C26H28ClN5O4. The van der Waals surface area contributed by atoms with Crippen LogP contribution >= 0.6 is 11.6 Å². The van der Waals surface area contributed by atoms with E-state index in [1.165, 1.54) is 7.11 Å². The lowest BCUT2D eigenvalue weighted by molar-refractivity contribution is 0.122. The number of methoxy groups -OCH3 is 1. The van der Waals surface area contributed by atoms with Crippen molar-refractivity contribution >= 4 is 34.0 Å². The molecule has 0 spiro atoms. The molecule has 0 bridgehead atoms. The van der Waals surface area contributed by atoms with Gasteiger partial charge in [-0.3, -0.25) is 4.79 Å². The summed E-state index contributed by atoms with van der Waals surface area (Å²) in [7, 11) is 1.54. The average molecular weight is 510 g/mol. The molecule has 1 unspecified atom stereocenters. The van der Waals surface area contributed by atoms with Gasteiger partial charge in [-0.05, 0) is 48.4 Å². The number of ether oxygens (including phenoxy) is 2. The van der Waals surface area contributed by atoms with Crippen LogP contribution in [0.2, 0.25) is 5.02 Å². The van der Waals surface area contributed by atoms with Crippen molar-refractivity contribution in [1.82, 2.24) is 15.0 Å². The van der Waals surface area contributed by atoms with Gasteiger partial charge in [0, 0.05) is 31.5 Å². The summed E-state index contributed by atoms with van der Waals surface area (Å²) in [5.74, 6) is 0.993. The number of hydrogen-bond donors (Lipinski definition) is 4. The van der Waals surface area contributed by atoms with Crippen molar-refractivity contribution in [2.24, 2.45) is 0 Å². The molecule has 9 nitrogen and oxygen atoms in total. The summed E-state index contributed by atoms with van der Waals surface area (Å²) >= 11 is 6.21. The Kier molecular flexibility index (Phi) is 6.86. The number of imidazole rings is 1. The second-order valence-electron chi connectivity index (χ2n) is 8.73. The lowest BCUT2D eigenvalue weighted by atomic mass is 10.1. The molecule has 3 heterocycles. The van der Waals surface area contributed by atoms with E-state index in [1.807, 2.05) is 6.92 Å². The third-order valence-corrected chi connectivity index (χ3v) is 6.68. The van der Waals surface area contributed by atoms with E-state index in [9.17, 15) is 9.90 Å². The Labute approximate surface area is 213 Å². The Balaban J connectivity index is 1.43. The number of rotatable bonds is 7. The van der Waals surface area contributed by atoms with Gasteiger partial charge in [0.2, 0.25) is 0 Å². The Morgan fingerprint density at radius 2 is 2.06 bits per heavy atom. The molecule has 0 saturated carbocycles. The number of benzene rings is 2. The summed E-state index contributed by atoms with van der Waals surface area (Å²) in [6.45, 7) is 5.25. The van der Waals surface area contributed by atoms with Gasteiger partial charge in [0.25, 0.3) is 5.56 Å². The molecule has 36 heavy (non-hydrogen) atoms. The van der Waals surface area contributed by atoms with Crippen LogP contribution in [0.1, 0.15) is 17.2 Å². The highest BCUT2D eigenvalue weighted by Gasteiger charge is 2.19. The third kappa shape index (κ3) is 4.77. The van der Waals surface area contributed by atoms with Crippen molar-refractivity contribution in [3.63, 3.8) is 0 Å². The van der Waals surface area contributed by atoms with Crippen molar-refractivity contribution < 1.29 is 14.6 Å². The average Bonchev–Trinajstić information content (AvgIpc) is 3.32. The Hall–Kier alpha value is -3.53. The quantitative estimate of drug-likeness (QED) is 0.299. The first-order chi connectivity index (χ1) is 17.4. The number of fused-ring (bicyclic) bond motifs is 1. The molecule has 1 aliphatic heterocycles. The number of aliphatic hydroxyl groups is 1. The minimum absolute atomic E-state index is 0.166. The van der Waals surface area contributed by atoms with Crippen molar-refractivity contribution in [1.29, 1.82) is 0 Å². The highest BCUT2D eigenvalue weighted by molar-refractivity contribution is 6.32. The lowest BCUT2D eigenvalue weighted by Gasteiger charge is -2.29. The van der Waals surface area contributed by atoms with E-state index in [0.717, 1.165) is 35.4 Å². The number of anilines is 2. The normalized spacial score (nSPS) is 14.7. The van der Waals surface area contributed by atoms with Gasteiger partial charge in [0.1, 0.15) is 17.1 Å². The van der Waals surface area contributed by atoms with Gasteiger partial charge in [-0.1, -0.05) is 17.7 Å². The number of aromatic amines is 2. The van der Waals surface area contributed by atoms with Crippen molar-refractivity contribution in [2.45, 2.75) is 13.0 Å². The topological polar surface area (TPSA) is 116 Å². The molecule has 0 radical (unpaired) electrons. The fourth-order valence-corrected chi connectivity index (χ4v) is 4.74. The van der Waals surface area contributed by atoms with Crippen LogP contribution in [0.4, 0.5) is 11.4 Å². The smallest absolute Gasteiger partial charge is 0.261 e. The predicted molar refractivity (Wildman–Crippen MR) is 141 cm³/mol. The van der Waals surface area contributed by atoms with Crippen molar-refractivity contribution in [3.8, 4) is 17.1 Å². The molecule has 0 aliphatic carbocycles. The second kappa shape index (κ2) is 10.2. The summed E-state index contributed by atoms with van der Waals surface area (Å²) in [4.78, 5) is 26.0. The summed E-state index contributed by atoms with van der Waals surface area (Å²) in [6.07, 6.45) is 0.712. The largest absolute Gasteiger partial charge is 0.495 e. The van der Waals surface area contributed by atoms with Gasteiger partial charge in [-0.25, -0.2) is 4.98 Å². The first kappa shape index (κ1) is 24.2. The van der Waals surface area contributed by atoms with Gasteiger partial charge in [-0.2, -0.15) is 0 Å². The van der Waals surface area contributed by atoms with E-state index in [-0.39, 0.29) is 12.1 Å². The first-order valence-corrected chi connectivity index (χ1v) is 12.1. The maximum atomic E-state index is 12.9. The number of hydrogen-bond acceptors (Lipinski definition) is 7. The number of aromatic nitrogens is 3. The lowest BCUT2D eigenvalue weighted by Crippen LogP contribution is -2.36. The summed E-state index contributed by atoms with van der Waals surface area (Å²) in [6, 6.07) is 11.1. The Bertz CT molecular complexity index is 1440. The van der Waals surface area contributed by atoms with Gasteiger partial charge < -0.3 is 34.8 Å². The van der Waals surface area contributed by atoms with Gasteiger partial charge in [0.15, 0.2) is 0 Å². The van der Waals surface area contributed by atoms with Gasteiger partial charge in [-0.15, -0.1) is 0 Å². The number of morpholine rings is 1. The van der Waals surface area contributed by atoms with E-state index >= 15 is 0 Å². The molecule has 1 aliphatic rings. The molecule has 1 atom stereocenters. The number of aryl methyl sites for hydroxylation is 1. The number of pyridine rings is 1. The molecule has 1 saturated heterocycles. The number of halogens is 1. The van der Waals surface area contributed by atoms with Crippen LogP contribution in [0.5, 0.6) is 5.75 Å². The molecule has 2 aromatic heterocycles. The van der Waals surface area contributed by atoms with Gasteiger partial charge in [0.05, 0.1) is 48.2 Å². The van der Waals surface area contributed by atoms with Crippen LogP contribution in [0.15, 0.2) is 47.4 Å². The van der Waals surface area contributed by atoms with E-state index in [1.54, 1.807) is 30.5 Å². The summed E-state index contributed by atoms with van der Waals surface area (Å²) in [5.41, 5.74) is 5.06. The van der Waals surface area contributed by atoms with Crippen LogP contribution in [-0.2, 0) is 4.74 Å². The molecule has 2 aromatic carbocycles. The maximum Gasteiger partial charge on any atom is 0.261 e. The van der Waals surface area contributed by atoms with Crippen LogP contribution < -0.4 is 20.5 Å². The highest BCUT2D eigenvalue weighted by atomic mass is 35.5. The molecule has 1 fully saturated rings. The van der Waals surface area contributed by atoms with Crippen molar-refractivity contribution in [2.75, 3.05) is 50.2 Å². The summed E-state index contributed by atoms with van der Waals surface area (Å²) < 4.78 is 10.7. The maximum absolute atomic E-state index is 12.9. The number of nitrogens with one attached hydrogen (secondary N) is 3. The first-order valence-electron chi connectivity index (χ1n) is 11.7. The molecule has 0 amide bonds. The Morgan fingerprint density at radius 3 is 2.81 bits per heavy atom. The standard InChI is InChI=1S/C26H28ClN5O4/c1-15-11-17(32-7-9-36-10-8-32)13-20-24(15)31-25(30-20)23-19(5-6-28-26(23)34)29-14-21(33)16-3-4-22(35-2)18(27)12-16/h3-6,11-13,21,33H,7-10,14H2,1-2H3,(H,30,31)(H2,28,29,34). The fourth-order valence-electron chi connectivity index (χ4n) is 4.47. The van der Waals surface area contributed by atoms with E-state index in [0.29, 0.717) is 46.6 Å². The zero-order valence-electron chi connectivity index (χ0n) is 20.1. The zero-order valence-corrected chi connectivity index (χ0v) is 20.9. The second-order valence-corrected chi connectivity index (χ2v) is 9.14. The fraction of sp³-hybridized carbons (Fsp3) is 0.308. The Morgan fingerprint density at radius 1 is 1.25 bits per heavy atom. The molecule has 4 N–H and O–H groups in total. The van der Waals surface area contributed by atoms with E-state index in [4.69, 9.17) is 26.1 Å². The molecule has 188 valence electrons. The zero-order chi connectivity index (χ0) is 25.2. The minimum atomic E-state index is -0.852. The predicted octanol–water partition coefficient (Wildman–Crippen LogP) is 3.87.